The van der Waals surface area contributed by atoms with Crippen LogP contribution in [0.2, 0.25) is 0 Å². The molecule has 0 aromatic heterocycles. The summed E-state index contributed by atoms with van der Waals surface area (Å²) in [5, 5.41) is 34.5. The third-order valence-corrected chi connectivity index (χ3v) is 1.08. The Balaban J connectivity index is 0. The molecule has 0 aliphatic heterocycles. The number of aliphatic carboxylic acids is 2. The van der Waals surface area contributed by atoms with E-state index in [9.17, 15) is 9.59 Å². The van der Waals surface area contributed by atoms with E-state index < -0.39 is 24.6 Å². The van der Waals surface area contributed by atoms with Crippen LogP contribution in [0.15, 0.2) is 0 Å². The molecule has 0 rings (SSSR count). The fourth-order valence-corrected chi connectivity index (χ4v) is 0.352. The fraction of sp³-hybridized carbons (Fsp3) is 0.714. The normalized spacial score (nSPS) is 11.1. The van der Waals surface area contributed by atoms with Gasteiger partial charge in [-0.15, -0.1) is 0 Å². The van der Waals surface area contributed by atoms with Crippen LogP contribution >= 0.6 is 0 Å². The first-order chi connectivity index (χ1) is 6.95. The van der Waals surface area contributed by atoms with Gasteiger partial charge in [-0.1, -0.05) is 0 Å². The van der Waals surface area contributed by atoms with Crippen molar-refractivity contribution in [3.63, 3.8) is 0 Å². The molecule has 0 heterocycles. The van der Waals surface area contributed by atoms with Crippen LogP contribution in [0.5, 0.6) is 0 Å². The van der Waals surface area contributed by atoms with Gasteiger partial charge in [-0.05, 0) is 0 Å². The molecule has 8 heteroatoms. The summed E-state index contributed by atoms with van der Waals surface area (Å²) in [5.41, 5.74) is 4.77. The van der Waals surface area contributed by atoms with Crippen molar-refractivity contribution in [2.24, 2.45) is 5.73 Å². The van der Waals surface area contributed by atoms with Crippen LogP contribution in [0.1, 0.15) is 0 Å². The number of hydrogen-bond donors (Lipinski definition) is 6. The summed E-state index contributed by atoms with van der Waals surface area (Å²) in [6.45, 7) is -0.268. The van der Waals surface area contributed by atoms with Crippen molar-refractivity contribution >= 4 is 11.9 Å². The summed E-state index contributed by atoms with van der Waals surface area (Å²) in [4.78, 5) is 19.4. The number of hydrogen-bond acceptors (Lipinski definition) is 6. The molecule has 0 unspecified atom stereocenters. The minimum absolute atomic E-state index is 0.0206. The summed E-state index contributed by atoms with van der Waals surface area (Å²) in [6, 6.07) is -1.13. The van der Waals surface area contributed by atoms with Gasteiger partial charge in [0, 0.05) is 6.54 Å². The summed E-state index contributed by atoms with van der Waals surface area (Å²) in [7, 11) is 0. The highest BCUT2D eigenvalue weighted by Gasteiger charge is 2.06. The molecule has 0 amide bonds. The van der Waals surface area contributed by atoms with Crippen molar-refractivity contribution < 1.29 is 30.0 Å². The number of carboxylic acid groups (broad SMARTS) is 2. The predicted molar refractivity (Wildman–Crippen MR) is 50.3 cm³/mol. The van der Waals surface area contributed by atoms with Crippen LogP contribution in [0.25, 0.3) is 0 Å². The molecule has 0 saturated carbocycles. The first kappa shape index (κ1) is 16.2. The van der Waals surface area contributed by atoms with E-state index in [0.29, 0.717) is 6.54 Å². The van der Waals surface area contributed by atoms with Gasteiger partial charge in [-0.2, -0.15) is 0 Å². The SMILES string of the molecule is N[C@@H](CO)C(=O)O.O=C(O)CNCCO. The molecular formula is C7H16N2O6. The lowest BCUT2D eigenvalue weighted by Gasteiger charge is -1.96. The Kier molecular flexibility index (Phi) is 11.7. The van der Waals surface area contributed by atoms with Gasteiger partial charge in [-0.25, -0.2) is 0 Å². The number of carboxylic acids is 2. The zero-order valence-electron chi connectivity index (χ0n) is 8.09. The van der Waals surface area contributed by atoms with Crippen molar-refractivity contribution in [3.8, 4) is 0 Å². The predicted octanol–water partition coefficient (Wildman–Crippen LogP) is -2.96. The van der Waals surface area contributed by atoms with Crippen molar-refractivity contribution in [2.75, 3.05) is 26.3 Å². The lowest BCUT2D eigenvalue weighted by atomic mass is 10.3. The van der Waals surface area contributed by atoms with Gasteiger partial charge in [0.2, 0.25) is 0 Å². The van der Waals surface area contributed by atoms with Gasteiger partial charge in [0.1, 0.15) is 6.04 Å². The van der Waals surface area contributed by atoms with Crippen LogP contribution in [-0.2, 0) is 9.59 Å². The first-order valence-corrected chi connectivity index (χ1v) is 4.08. The van der Waals surface area contributed by atoms with Crippen LogP contribution < -0.4 is 11.1 Å². The van der Waals surface area contributed by atoms with Gasteiger partial charge in [0.05, 0.1) is 19.8 Å². The molecule has 8 nitrogen and oxygen atoms in total. The molecule has 0 radical (unpaired) electrons. The summed E-state index contributed by atoms with van der Waals surface area (Å²) < 4.78 is 0. The standard InChI is InChI=1S/C4H9NO3.C3H7NO3/c6-2-1-5-3-4(7)8;4-2(1-5)3(6)7/h5-6H,1-3H2,(H,7,8);2,5H,1,4H2,(H,6,7)/t;2-/m.0/s1. The summed E-state index contributed by atoms with van der Waals surface area (Å²) in [6.07, 6.45) is 0. The van der Waals surface area contributed by atoms with E-state index in [2.05, 4.69) is 5.32 Å². The maximum Gasteiger partial charge on any atom is 0.322 e. The second kappa shape index (κ2) is 10.9. The Morgan fingerprint density at radius 3 is 2.00 bits per heavy atom. The Hall–Kier alpha value is -1.22. The molecule has 0 spiro atoms. The molecule has 0 fully saturated rings. The van der Waals surface area contributed by atoms with Gasteiger partial charge >= 0.3 is 11.9 Å². The van der Waals surface area contributed by atoms with Gasteiger partial charge < -0.3 is 31.5 Å². The van der Waals surface area contributed by atoms with E-state index >= 15 is 0 Å². The van der Waals surface area contributed by atoms with Gasteiger partial charge in [-0.3, -0.25) is 9.59 Å². The Morgan fingerprint density at radius 2 is 1.80 bits per heavy atom. The van der Waals surface area contributed by atoms with Crippen LogP contribution in [0.3, 0.4) is 0 Å². The average molecular weight is 224 g/mol. The molecule has 0 aromatic rings. The molecule has 7 N–H and O–H groups in total. The van der Waals surface area contributed by atoms with Gasteiger partial charge in [0.15, 0.2) is 0 Å². The molecule has 1 atom stereocenters. The smallest absolute Gasteiger partial charge is 0.322 e. The molecule has 0 aliphatic carbocycles. The topological polar surface area (TPSA) is 153 Å². The van der Waals surface area contributed by atoms with Crippen molar-refractivity contribution in [1.29, 1.82) is 0 Å². The molecule has 15 heavy (non-hydrogen) atoms. The number of nitrogens with two attached hydrogens (primary N) is 1. The monoisotopic (exact) mass is 224 g/mol. The Bertz CT molecular complexity index is 186. The number of carbonyl (C=O) groups is 2. The van der Waals surface area contributed by atoms with Crippen molar-refractivity contribution in [1.82, 2.24) is 5.32 Å². The summed E-state index contributed by atoms with van der Waals surface area (Å²) >= 11 is 0. The minimum Gasteiger partial charge on any atom is -0.480 e. The fourth-order valence-electron chi connectivity index (χ4n) is 0.352. The Labute approximate surface area is 86.3 Å². The van der Waals surface area contributed by atoms with E-state index in [0.717, 1.165) is 0 Å². The third kappa shape index (κ3) is 15.5. The largest absolute Gasteiger partial charge is 0.480 e. The minimum atomic E-state index is -1.18. The third-order valence-electron chi connectivity index (χ3n) is 1.08. The highest BCUT2D eigenvalue weighted by molar-refractivity contribution is 5.73. The quantitative estimate of drug-likeness (QED) is 0.262. The second-order valence-electron chi connectivity index (χ2n) is 2.42. The zero-order valence-corrected chi connectivity index (χ0v) is 8.09. The van der Waals surface area contributed by atoms with Crippen molar-refractivity contribution in [2.45, 2.75) is 6.04 Å². The second-order valence-corrected chi connectivity index (χ2v) is 2.42. The van der Waals surface area contributed by atoms with E-state index in [4.69, 9.17) is 26.2 Å². The van der Waals surface area contributed by atoms with E-state index in [-0.39, 0.29) is 13.2 Å². The van der Waals surface area contributed by atoms with Crippen LogP contribution in [-0.4, -0.2) is 64.7 Å². The average Bonchev–Trinajstić information content (AvgIpc) is 2.17. The van der Waals surface area contributed by atoms with E-state index in [1.54, 1.807) is 0 Å². The lowest BCUT2D eigenvalue weighted by molar-refractivity contribution is -0.139. The van der Waals surface area contributed by atoms with E-state index in [1.807, 2.05) is 0 Å². The van der Waals surface area contributed by atoms with E-state index in [1.165, 1.54) is 0 Å². The highest BCUT2D eigenvalue weighted by atomic mass is 16.4. The molecule has 90 valence electrons. The molecule has 0 bridgehead atoms. The maximum absolute atomic E-state index is 9.73. The number of rotatable bonds is 6. The lowest BCUT2D eigenvalue weighted by Crippen LogP contribution is -2.33. The number of nitrogens with one attached hydrogen (secondary N) is 1. The number of aliphatic hydroxyl groups excluding tert-OH is 2. The van der Waals surface area contributed by atoms with Crippen LogP contribution in [0.4, 0.5) is 0 Å². The number of aliphatic hydroxyl groups is 2. The van der Waals surface area contributed by atoms with Crippen LogP contribution in [0, 0.1) is 0 Å². The van der Waals surface area contributed by atoms with Crippen molar-refractivity contribution in [3.05, 3.63) is 0 Å². The Morgan fingerprint density at radius 1 is 1.27 bits per heavy atom. The molecule has 0 aromatic carbocycles. The first-order valence-electron chi connectivity index (χ1n) is 4.08. The molecule has 0 saturated heterocycles. The molecule has 0 aliphatic rings. The van der Waals surface area contributed by atoms with Gasteiger partial charge in [0.25, 0.3) is 0 Å². The molecular weight excluding hydrogens is 208 g/mol. The zero-order chi connectivity index (χ0) is 12.3. The highest BCUT2D eigenvalue weighted by Crippen LogP contribution is 1.71. The summed E-state index contributed by atoms with van der Waals surface area (Å²) in [5.74, 6) is -2.08. The maximum atomic E-state index is 9.73.